The van der Waals surface area contributed by atoms with Gasteiger partial charge in [-0.2, -0.15) is 0 Å². The molecular weight excluding hydrogens is 236 g/mol. The Kier molecular flexibility index (Phi) is 5.55. The van der Waals surface area contributed by atoms with E-state index in [4.69, 9.17) is 9.47 Å². The van der Waals surface area contributed by atoms with Crippen LogP contribution in [0.4, 0.5) is 0 Å². The number of carbonyl (C=O) groups is 2. The zero-order chi connectivity index (χ0) is 13.7. The van der Waals surface area contributed by atoms with Gasteiger partial charge < -0.3 is 14.8 Å². The zero-order valence-corrected chi connectivity index (χ0v) is 11.4. The zero-order valence-electron chi connectivity index (χ0n) is 11.4. The molecule has 1 N–H and O–H groups in total. The fraction of sp³-hybridized carbons (Fsp3) is 0.833. The third-order valence-electron chi connectivity index (χ3n) is 2.94. The van der Waals surface area contributed by atoms with Gasteiger partial charge in [0, 0.05) is 12.6 Å². The van der Waals surface area contributed by atoms with Gasteiger partial charge in [-0.1, -0.05) is 0 Å². The van der Waals surface area contributed by atoms with E-state index in [2.05, 4.69) is 5.32 Å². The highest BCUT2D eigenvalue weighted by atomic mass is 16.5. The van der Waals surface area contributed by atoms with Gasteiger partial charge >= 0.3 is 5.97 Å². The molecule has 1 aliphatic heterocycles. The molecule has 2 atom stereocenters. The van der Waals surface area contributed by atoms with E-state index in [-0.39, 0.29) is 17.9 Å². The molecular formula is C12H22N2O4. The SMILES string of the molecule is COC(=O)C(C)N1CCOCC1C(=O)NC(C)C. The average Bonchev–Trinajstić information content (AvgIpc) is 2.36. The first kappa shape index (κ1) is 14.9. The first-order valence-electron chi connectivity index (χ1n) is 6.19. The van der Waals surface area contributed by atoms with Crippen molar-refractivity contribution in [3.05, 3.63) is 0 Å². The quantitative estimate of drug-likeness (QED) is 0.706. The Labute approximate surface area is 108 Å². The van der Waals surface area contributed by atoms with Gasteiger partial charge in [-0.05, 0) is 20.8 Å². The smallest absolute Gasteiger partial charge is 0.322 e. The minimum Gasteiger partial charge on any atom is -0.468 e. The molecule has 6 nitrogen and oxygen atoms in total. The van der Waals surface area contributed by atoms with Crippen LogP contribution in [-0.2, 0) is 19.1 Å². The van der Waals surface area contributed by atoms with Crippen LogP contribution < -0.4 is 5.32 Å². The van der Waals surface area contributed by atoms with E-state index in [0.29, 0.717) is 19.8 Å². The summed E-state index contributed by atoms with van der Waals surface area (Å²) in [5, 5.41) is 2.84. The fourth-order valence-corrected chi connectivity index (χ4v) is 1.99. The number of ether oxygens (including phenoxy) is 2. The predicted molar refractivity (Wildman–Crippen MR) is 66.1 cm³/mol. The summed E-state index contributed by atoms with van der Waals surface area (Å²) < 4.78 is 10.0. The molecule has 0 saturated carbocycles. The number of esters is 1. The Balaban J connectivity index is 2.73. The van der Waals surface area contributed by atoms with Gasteiger partial charge in [-0.25, -0.2) is 0 Å². The minimum atomic E-state index is -0.443. The molecule has 2 unspecified atom stereocenters. The summed E-state index contributed by atoms with van der Waals surface area (Å²) in [5.74, 6) is -0.445. The highest BCUT2D eigenvalue weighted by Gasteiger charge is 2.35. The number of carbonyl (C=O) groups excluding carboxylic acids is 2. The molecule has 1 aliphatic rings. The molecule has 0 bridgehead atoms. The van der Waals surface area contributed by atoms with Crippen LogP contribution in [0.25, 0.3) is 0 Å². The van der Waals surface area contributed by atoms with Crippen molar-refractivity contribution in [3.8, 4) is 0 Å². The molecule has 0 spiro atoms. The standard InChI is InChI=1S/C12H22N2O4/c1-8(2)13-11(15)10-7-18-6-5-14(10)9(3)12(16)17-4/h8-10H,5-7H2,1-4H3,(H,13,15). The molecule has 0 aromatic rings. The Hall–Kier alpha value is -1.14. The van der Waals surface area contributed by atoms with Gasteiger partial charge in [-0.15, -0.1) is 0 Å². The lowest BCUT2D eigenvalue weighted by molar-refractivity contribution is -0.152. The predicted octanol–water partition coefficient (Wildman–Crippen LogP) is -0.227. The molecule has 1 heterocycles. The van der Waals surface area contributed by atoms with E-state index in [9.17, 15) is 9.59 Å². The number of nitrogens with one attached hydrogen (secondary N) is 1. The van der Waals surface area contributed by atoms with E-state index in [0.717, 1.165) is 0 Å². The number of methoxy groups -OCH3 is 1. The summed E-state index contributed by atoms with van der Waals surface area (Å²) in [6.07, 6.45) is 0. The number of hydrogen-bond donors (Lipinski definition) is 1. The number of morpholine rings is 1. The van der Waals surface area contributed by atoms with E-state index < -0.39 is 12.1 Å². The maximum absolute atomic E-state index is 12.0. The minimum absolute atomic E-state index is 0.0645. The first-order valence-corrected chi connectivity index (χ1v) is 6.19. The molecule has 1 rings (SSSR count). The lowest BCUT2D eigenvalue weighted by Gasteiger charge is -2.37. The monoisotopic (exact) mass is 258 g/mol. The molecule has 1 saturated heterocycles. The van der Waals surface area contributed by atoms with Gasteiger partial charge in [0.25, 0.3) is 0 Å². The van der Waals surface area contributed by atoms with E-state index >= 15 is 0 Å². The van der Waals surface area contributed by atoms with Crippen LogP contribution in [0.3, 0.4) is 0 Å². The van der Waals surface area contributed by atoms with Crippen molar-refractivity contribution in [3.63, 3.8) is 0 Å². The molecule has 104 valence electrons. The average molecular weight is 258 g/mol. The van der Waals surface area contributed by atoms with Crippen LogP contribution >= 0.6 is 0 Å². The molecule has 1 fully saturated rings. The highest BCUT2D eigenvalue weighted by molar-refractivity contribution is 5.83. The molecule has 6 heteroatoms. The highest BCUT2D eigenvalue weighted by Crippen LogP contribution is 2.12. The lowest BCUT2D eigenvalue weighted by atomic mass is 10.1. The van der Waals surface area contributed by atoms with Gasteiger partial charge in [-0.3, -0.25) is 14.5 Å². The Morgan fingerprint density at radius 3 is 2.61 bits per heavy atom. The maximum atomic E-state index is 12.0. The molecule has 0 aromatic carbocycles. The topological polar surface area (TPSA) is 67.9 Å². The molecule has 18 heavy (non-hydrogen) atoms. The van der Waals surface area contributed by atoms with Gasteiger partial charge in [0.1, 0.15) is 12.1 Å². The lowest BCUT2D eigenvalue weighted by Crippen LogP contribution is -2.59. The van der Waals surface area contributed by atoms with Crippen LogP contribution in [0.15, 0.2) is 0 Å². The number of hydrogen-bond acceptors (Lipinski definition) is 5. The Morgan fingerprint density at radius 2 is 2.06 bits per heavy atom. The van der Waals surface area contributed by atoms with Crippen molar-refractivity contribution >= 4 is 11.9 Å². The van der Waals surface area contributed by atoms with E-state index in [1.54, 1.807) is 6.92 Å². The van der Waals surface area contributed by atoms with Crippen LogP contribution in [0, 0.1) is 0 Å². The van der Waals surface area contributed by atoms with E-state index in [1.807, 2.05) is 18.7 Å². The second kappa shape index (κ2) is 6.70. The number of rotatable bonds is 4. The molecule has 0 aliphatic carbocycles. The van der Waals surface area contributed by atoms with Crippen molar-refractivity contribution in [2.45, 2.75) is 38.9 Å². The molecule has 0 aromatic heterocycles. The first-order chi connectivity index (χ1) is 8.47. The third kappa shape index (κ3) is 3.68. The third-order valence-corrected chi connectivity index (χ3v) is 2.94. The summed E-state index contributed by atoms with van der Waals surface area (Å²) >= 11 is 0. The Morgan fingerprint density at radius 1 is 1.39 bits per heavy atom. The second-order valence-electron chi connectivity index (χ2n) is 4.69. The van der Waals surface area contributed by atoms with Crippen LogP contribution in [0.1, 0.15) is 20.8 Å². The molecule has 1 amide bonds. The summed E-state index contributed by atoms with van der Waals surface area (Å²) in [4.78, 5) is 25.4. The molecule has 0 radical (unpaired) electrons. The van der Waals surface area contributed by atoms with Gasteiger partial charge in [0.05, 0.1) is 20.3 Å². The van der Waals surface area contributed by atoms with Crippen molar-refractivity contribution in [1.29, 1.82) is 0 Å². The van der Waals surface area contributed by atoms with Crippen molar-refractivity contribution in [2.75, 3.05) is 26.9 Å². The van der Waals surface area contributed by atoms with Crippen molar-refractivity contribution < 1.29 is 19.1 Å². The second-order valence-corrected chi connectivity index (χ2v) is 4.69. The fourth-order valence-electron chi connectivity index (χ4n) is 1.99. The largest absolute Gasteiger partial charge is 0.468 e. The van der Waals surface area contributed by atoms with Crippen molar-refractivity contribution in [2.24, 2.45) is 0 Å². The normalized spacial score (nSPS) is 22.6. The van der Waals surface area contributed by atoms with Crippen molar-refractivity contribution in [1.82, 2.24) is 10.2 Å². The van der Waals surface area contributed by atoms with Crippen LogP contribution in [0.5, 0.6) is 0 Å². The van der Waals surface area contributed by atoms with Gasteiger partial charge in [0.2, 0.25) is 5.91 Å². The van der Waals surface area contributed by atoms with E-state index in [1.165, 1.54) is 7.11 Å². The van der Waals surface area contributed by atoms with Crippen LogP contribution in [-0.4, -0.2) is 61.8 Å². The summed E-state index contributed by atoms with van der Waals surface area (Å²) in [5.41, 5.74) is 0. The number of amides is 1. The maximum Gasteiger partial charge on any atom is 0.322 e. The summed E-state index contributed by atoms with van der Waals surface area (Å²) in [7, 11) is 1.35. The summed E-state index contributed by atoms with van der Waals surface area (Å²) in [6.45, 7) is 6.91. The number of nitrogens with zero attached hydrogens (tertiary/aromatic N) is 1. The van der Waals surface area contributed by atoms with Crippen LogP contribution in [0.2, 0.25) is 0 Å². The van der Waals surface area contributed by atoms with Gasteiger partial charge in [0.15, 0.2) is 0 Å². The summed E-state index contributed by atoms with van der Waals surface area (Å²) in [6, 6.07) is -0.813. The Bertz CT molecular complexity index is 306.